The fourth-order valence-corrected chi connectivity index (χ4v) is 4.56. The minimum Gasteiger partial charge on any atom is -0.465 e. The van der Waals surface area contributed by atoms with Crippen molar-refractivity contribution >= 4 is 29.2 Å². The topological polar surface area (TPSA) is 55.4 Å². The Hall–Kier alpha value is -2.59. The van der Waals surface area contributed by atoms with Crippen LogP contribution in [0.3, 0.4) is 0 Å². The van der Waals surface area contributed by atoms with Crippen molar-refractivity contribution in [1.29, 1.82) is 0 Å². The summed E-state index contributed by atoms with van der Waals surface area (Å²) in [6.45, 7) is 4.57. The first-order chi connectivity index (χ1) is 13.5. The standard InChI is InChI=1S/C23H22ClNO3/c1-15-10-18-14-28-22(27)23(18,12-15)13-16-6-8-19(9-7-16)25-21(26)11-17-4-2-3-5-20(17)24/h2-9,18H,1,10-14H2,(H,25,26). The highest BCUT2D eigenvalue weighted by Crippen LogP contribution is 2.52. The molecule has 1 aliphatic heterocycles. The molecule has 2 atom stereocenters. The molecule has 2 aromatic carbocycles. The third-order valence-corrected chi connectivity index (χ3v) is 6.14. The molecule has 1 saturated heterocycles. The third kappa shape index (κ3) is 3.57. The smallest absolute Gasteiger partial charge is 0.313 e. The Bertz CT molecular complexity index is 937. The van der Waals surface area contributed by atoms with Gasteiger partial charge in [-0.15, -0.1) is 0 Å². The molecule has 2 aliphatic rings. The van der Waals surface area contributed by atoms with E-state index in [0.717, 1.165) is 28.8 Å². The highest BCUT2D eigenvalue weighted by Gasteiger charge is 2.55. The Kier molecular flexibility index (Phi) is 4.98. The summed E-state index contributed by atoms with van der Waals surface area (Å²) in [4.78, 5) is 24.7. The maximum atomic E-state index is 12.4. The number of hydrogen-bond donors (Lipinski definition) is 1. The summed E-state index contributed by atoms with van der Waals surface area (Å²) >= 11 is 6.11. The summed E-state index contributed by atoms with van der Waals surface area (Å²) in [7, 11) is 0. The number of benzene rings is 2. The fourth-order valence-electron chi connectivity index (χ4n) is 4.35. The van der Waals surface area contributed by atoms with Crippen LogP contribution in [0.1, 0.15) is 24.0 Å². The van der Waals surface area contributed by atoms with Gasteiger partial charge in [0.05, 0.1) is 18.4 Å². The van der Waals surface area contributed by atoms with Crippen LogP contribution in [0.25, 0.3) is 0 Å². The number of carbonyl (C=O) groups is 2. The van der Waals surface area contributed by atoms with Crippen LogP contribution in [0.4, 0.5) is 5.69 Å². The van der Waals surface area contributed by atoms with Gasteiger partial charge in [0.25, 0.3) is 0 Å². The maximum Gasteiger partial charge on any atom is 0.313 e. The normalized spacial score (nSPS) is 23.4. The molecule has 0 aromatic heterocycles. The lowest BCUT2D eigenvalue weighted by Gasteiger charge is -2.24. The summed E-state index contributed by atoms with van der Waals surface area (Å²) < 4.78 is 5.34. The van der Waals surface area contributed by atoms with Gasteiger partial charge in [-0.1, -0.05) is 54.1 Å². The SMILES string of the molecule is C=C1CC2COC(=O)C2(Cc2ccc(NC(=O)Cc3ccccc3Cl)cc2)C1. The molecule has 28 heavy (non-hydrogen) atoms. The molecule has 0 radical (unpaired) electrons. The molecule has 1 aliphatic carbocycles. The Balaban J connectivity index is 1.42. The minimum atomic E-state index is -0.466. The van der Waals surface area contributed by atoms with Crippen LogP contribution in [-0.2, 0) is 27.2 Å². The lowest BCUT2D eigenvalue weighted by molar-refractivity contribution is -0.146. The monoisotopic (exact) mass is 395 g/mol. The van der Waals surface area contributed by atoms with Gasteiger partial charge < -0.3 is 10.1 Å². The summed E-state index contributed by atoms with van der Waals surface area (Å²) in [5, 5.41) is 3.48. The summed E-state index contributed by atoms with van der Waals surface area (Å²) in [5.41, 5.74) is 3.24. The molecule has 0 spiro atoms. The van der Waals surface area contributed by atoms with Crippen molar-refractivity contribution in [3.63, 3.8) is 0 Å². The number of halogens is 1. The first-order valence-electron chi connectivity index (χ1n) is 9.42. The number of anilines is 1. The molecule has 4 rings (SSSR count). The van der Waals surface area contributed by atoms with Crippen molar-refractivity contribution in [2.45, 2.75) is 25.7 Å². The van der Waals surface area contributed by atoms with Crippen molar-refractivity contribution < 1.29 is 14.3 Å². The number of amides is 1. The average molecular weight is 396 g/mol. The number of fused-ring (bicyclic) bond motifs is 1. The quantitative estimate of drug-likeness (QED) is 0.595. The van der Waals surface area contributed by atoms with E-state index in [1.807, 2.05) is 42.5 Å². The Morgan fingerprint density at radius 3 is 2.71 bits per heavy atom. The molecular formula is C23H22ClNO3. The number of esters is 1. The second-order valence-electron chi connectivity index (χ2n) is 7.77. The zero-order chi connectivity index (χ0) is 19.7. The highest BCUT2D eigenvalue weighted by atomic mass is 35.5. The van der Waals surface area contributed by atoms with E-state index in [1.54, 1.807) is 6.07 Å². The van der Waals surface area contributed by atoms with E-state index >= 15 is 0 Å². The van der Waals surface area contributed by atoms with Gasteiger partial charge in [-0.25, -0.2) is 0 Å². The van der Waals surface area contributed by atoms with Gasteiger partial charge in [-0.3, -0.25) is 9.59 Å². The van der Waals surface area contributed by atoms with Gasteiger partial charge in [0, 0.05) is 16.6 Å². The molecule has 2 aromatic rings. The maximum absolute atomic E-state index is 12.4. The van der Waals surface area contributed by atoms with Crippen LogP contribution in [-0.4, -0.2) is 18.5 Å². The van der Waals surface area contributed by atoms with Crippen LogP contribution < -0.4 is 5.32 Å². The second-order valence-corrected chi connectivity index (χ2v) is 8.18. The predicted octanol–water partition coefficient (Wildman–Crippen LogP) is 4.57. The van der Waals surface area contributed by atoms with Crippen LogP contribution in [0.15, 0.2) is 60.7 Å². The Morgan fingerprint density at radius 2 is 1.96 bits per heavy atom. The molecule has 2 unspecified atom stereocenters. The molecule has 1 N–H and O–H groups in total. The number of cyclic esters (lactones) is 1. The third-order valence-electron chi connectivity index (χ3n) is 5.77. The number of hydrogen-bond acceptors (Lipinski definition) is 3. The summed E-state index contributed by atoms with van der Waals surface area (Å²) in [6.07, 6.45) is 2.43. The number of carbonyl (C=O) groups excluding carboxylic acids is 2. The van der Waals surface area contributed by atoms with Crippen molar-refractivity contribution in [1.82, 2.24) is 0 Å². The van der Waals surface area contributed by atoms with Gasteiger partial charge in [0.1, 0.15) is 0 Å². The van der Waals surface area contributed by atoms with Crippen molar-refractivity contribution in [3.8, 4) is 0 Å². The first kappa shape index (κ1) is 18.8. The number of ether oxygens (including phenoxy) is 1. The number of allylic oxidation sites excluding steroid dienone is 1. The van der Waals surface area contributed by atoms with E-state index in [1.165, 1.54) is 0 Å². The molecule has 2 fully saturated rings. The lowest BCUT2D eigenvalue weighted by atomic mass is 9.75. The first-order valence-corrected chi connectivity index (χ1v) is 9.80. The zero-order valence-electron chi connectivity index (χ0n) is 15.5. The molecular weight excluding hydrogens is 374 g/mol. The zero-order valence-corrected chi connectivity index (χ0v) is 16.3. The number of nitrogens with one attached hydrogen (secondary N) is 1. The van der Waals surface area contributed by atoms with E-state index in [2.05, 4.69) is 11.9 Å². The fraction of sp³-hybridized carbons (Fsp3) is 0.304. The van der Waals surface area contributed by atoms with Gasteiger partial charge in [-0.05, 0) is 48.6 Å². The Morgan fingerprint density at radius 1 is 1.21 bits per heavy atom. The molecule has 4 nitrogen and oxygen atoms in total. The van der Waals surface area contributed by atoms with Crippen LogP contribution in [0.2, 0.25) is 5.02 Å². The van der Waals surface area contributed by atoms with E-state index in [4.69, 9.17) is 16.3 Å². The van der Waals surface area contributed by atoms with E-state index in [-0.39, 0.29) is 24.2 Å². The van der Waals surface area contributed by atoms with Crippen LogP contribution in [0, 0.1) is 11.3 Å². The molecule has 1 saturated carbocycles. The molecule has 1 amide bonds. The van der Waals surface area contributed by atoms with Gasteiger partial charge in [-0.2, -0.15) is 0 Å². The van der Waals surface area contributed by atoms with Gasteiger partial charge in [0.15, 0.2) is 0 Å². The minimum absolute atomic E-state index is 0.103. The van der Waals surface area contributed by atoms with Gasteiger partial charge in [0.2, 0.25) is 5.91 Å². The average Bonchev–Trinajstić information content (AvgIpc) is 3.13. The molecule has 144 valence electrons. The summed E-state index contributed by atoms with van der Waals surface area (Å²) in [5.74, 6) is 0.00161. The van der Waals surface area contributed by atoms with E-state index in [9.17, 15) is 9.59 Å². The van der Waals surface area contributed by atoms with Crippen LogP contribution in [0.5, 0.6) is 0 Å². The van der Waals surface area contributed by atoms with E-state index in [0.29, 0.717) is 24.5 Å². The number of rotatable bonds is 5. The highest BCUT2D eigenvalue weighted by molar-refractivity contribution is 6.31. The summed E-state index contributed by atoms with van der Waals surface area (Å²) in [6, 6.07) is 15.0. The van der Waals surface area contributed by atoms with Crippen LogP contribution >= 0.6 is 11.6 Å². The molecule has 1 heterocycles. The lowest BCUT2D eigenvalue weighted by Crippen LogP contribution is -2.31. The largest absolute Gasteiger partial charge is 0.465 e. The Labute approximate surface area is 169 Å². The van der Waals surface area contributed by atoms with Crippen molar-refractivity contribution in [2.75, 3.05) is 11.9 Å². The molecule has 5 heteroatoms. The van der Waals surface area contributed by atoms with E-state index < -0.39 is 5.41 Å². The molecule has 0 bridgehead atoms. The predicted molar refractivity (Wildman–Crippen MR) is 109 cm³/mol. The van der Waals surface area contributed by atoms with Crippen molar-refractivity contribution in [2.24, 2.45) is 11.3 Å². The van der Waals surface area contributed by atoms with Crippen molar-refractivity contribution in [3.05, 3.63) is 76.8 Å². The second kappa shape index (κ2) is 7.44. The van der Waals surface area contributed by atoms with Gasteiger partial charge >= 0.3 is 5.97 Å².